The maximum Gasteiger partial charge on any atom is 0.274 e. The molecule has 0 saturated heterocycles. The van der Waals surface area contributed by atoms with Gasteiger partial charge in [0.1, 0.15) is 5.00 Å². The van der Waals surface area contributed by atoms with E-state index in [1.165, 1.54) is 16.9 Å². The van der Waals surface area contributed by atoms with E-state index in [1.54, 1.807) is 38.3 Å². The number of aryl methyl sites for hydroxylation is 3. The largest absolute Gasteiger partial charge is 0.392 e. The molecule has 3 rings (SSSR count). The molecule has 9 heteroatoms. The first-order chi connectivity index (χ1) is 18.0. The number of hydrazone groups is 1. The number of nitrogens with one attached hydrogen (secondary N) is 2. The van der Waals surface area contributed by atoms with Crippen LogP contribution in [-0.2, 0) is 6.54 Å². The van der Waals surface area contributed by atoms with Gasteiger partial charge in [-0.1, -0.05) is 30.3 Å². The maximum atomic E-state index is 13.1. The first kappa shape index (κ1) is 29.2. The van der Waals surface area contributed by atoms with Crippen LogP contribution in [0.25, 0.3) is 0 Å². The molecule has 8 nitrogen and oxygen atoms in total. The number of nitrogens with zero attached hydrogens (tertiary/aromatic N) is 2. The van der Waals surface area contributed by atoms with Crippen molar-refractivity contribution in [1.29, 1.82) is 0 Å². The molecule has 3 aromatic rings. The monoisotopic (exact) mass is 536 g/mol. The van der Waals surface area contributed by atoms with Crippen LogP contribution >= 0.6 is 11.3 Å². The van der Waals surface area contributed by atoms with Crippen LogP contribution in [0.3, 0.4) is 0 Å². The van der Waals surface area contributed by atoms with Gasteiger partial charge in [-0.25, -0.2) is 5.43 Å². The molecule has 0 aliphatic heterocycles. The van der Waals surface area contributed by atoms with Crippen LogP contribution in [0.15, 0.2) is 52.9 Å². The number of aliphatic hydroxyl groups is 2. The van der Waals surface area contributed by atoms with E-state index in [2.05, 4.69) is 15.8 Å². The van der Waals surface area contributed by atoms with Crippen molar-refractivity contribution in [2.24, 2.45) is 5.10 Å². The lowest BCUT2D eigenvalue weighted by Gasteiger charge is -2.25. The van der Waals surface area contributed by atoms with Crippen LogP contribution in [0.4, 0.5) is 5.00 Å². The van der Waals surface area contributed by atoms with Crippen molar-refractivity contribution in [2.75, 3.05) is 18.4 Å². The normalized spacial score (nSPS) is 13.1. The second-order valence-electron chi connectivity index (χ2n) is 9.71. The molecule has 1 aromatic heterocycles. The second kappa shape index (κ2) is 13.4. The van der Waals surface area contributed by atoms with E-state index in [9.17, 15) is 19.8 Å². The van der Waals surface area contributed by atoms with Crippen molar-refractivity contribution in [2.45, 2.75) is 53.4 Å². The Bertz CT molecular complexity index is 1290. The van der Waals surface area contributed by atoms with Gasteiger partial charge < -0.3 is 15.5 Å². The summed E-state index contributed by atoms with van der Waals surface area (Å²) < 4.78 is 0. The average Bonchev–Trinajstić information content (AvgIpc) is 3.20. The van der Waals surface area contributed by atoms with Crippen LogP contribution in [0, 0.1) is 20.8 Å². The highest BCUT2D eigenvalue weighted by Gasteiger charge is 2.19. The summed E-state index contributed by atoms with van der Waals surface area (Å²) in [6.45, 7) is 10.5. The van der Waals surface area contributed by atoms with Crippen molar-refractivity contribution in [3.8, 4) is 0 Å². The van der Waals surface area contributed by atoms with Gasteiger partial charge in [-0.2, -0.15) is 5.10 Å². The van der Waals surface area contributed by atoms with Crippen molar-refractivity contribution in [3.63, 3.8) is 0 Å². The summed E-state index contributed by atoms with van der Waals surface area (Å²) in [5.41, 5.74) is 8.20. The number of hydrogen-bond donors (Lipinski definition) is 4. The van der Waals surface area contributed by atoms with E-state index >= 15 is 0 Å². The fourth-order valence-corrected chi connectivity index (χ4v) is 5.02. The molecule has 0 aliphatic rings. The second-order valence-corrected chi connectivity index (χ2v) is 10.6. The number of carbonyl (C=O) groups excluding carboxylic acids is 2. The van der Waals surface area contributed by atoms with Gasteiger partial charge in [0.25, 0.3) is 11.8 Å². The molecule has 0 bridgehead atoms. The molecule has 0 radical (unpaired) electrons. The SMILES string of the molecule is Cc1ccc(/C=N/NC(=O)c2c(C)csc2NC(=O)c2cccc(CN(CC(C)O)CC(C)O)c2)cc1C. The summed E-state index contributed by atoms with van der Waals surface area (Å²) in [6, 6.07) is 13.1. The highest BCUT2D eigenvalue weighted by atomic mass is 32.1. The van der Waals surface area contributed by atoms with Gasteiger partial charge in [-0.05, 0) is 79.9 Å². The smallest absolute Gasteiger partial charge is 0.274 e. The van der Waals surface area contributed by atoms with Gasteiger partial charge in [-0.15, -0.1) is 11.3 Å². The summed E-state index contributed by atoms with van der Waals surface area (Å²) >= 11 is 1.28. The lowest BCUT2D eigenvalue weighted by atomic mass is 10.1. The Labute approximate surface area is 228 Å². The van der Waals surface area contributed by atoms with Crippen molar-refractivity contribution >= 4 is 34.4 Å². The molecule has 2 atom stereocenters. The molecule has 0 spiro atoms. The molecule has 38 heavy (non-hydrogen) atoms. The molecule has 4 N–H and O–H groups in total. The zero-order chi connectivity index (χ0) is 27.8. The third-order valence-electron chi connectivity index (χ3n) is 5.98. The number of amides is 2. The summed E-state index contributed by atoms with van der Waals surface area (Å²) in [4.78, 5) is 27.9. The Balaban J connectivity index is 1.70. The molecule has 2 unspecified atom stereocenters. The maximum absolute atomic E-state index is 13.1. The first-order valence-corrected chi connectivity index (χ1v) is 13.4. The summed E-state index contributed by atoms with van der Waals surface area (Å²) in [7, 11) is 0. The zero-order valence-corrected chi connectivity index (χ0v) is 23.3. The molecule has 2 amide bonds. The van der Waals surface area contributed by atoms with E-state index < -0.39 is 18.1 Å². The Morgan fingerprint density at radius 1 is 0.974 bits per heavy atom. The van der Waals surface area contributed by atoms with Crippen molar-refractivity contribution < 1.29 is 19.8 Å². The van der Waals surface area contributed by atoms with E-state index in [1.807, 2.05) is 55.3 Å². The average molecular weight is 537 g/mol. The Morgan fingerprint density at radius 3 is 2.34 bits per heavy atom. The highest BCUT2D eigenvalue weighted by molar-refractivity contribution is 7.15. The predicted octanol–water partition coefficient (Wildman–Crippen LogP) is 4.25. The molecule has 0 aliphatic carbocycles. The van der Waals surface area contributed by atoms with Crippen molar-refractivity contribution in [1.82, 2.24) is 10.3 Å². The summed E-state index contributed by atoms with van der Waals surface area (Å²) in [6.07, 6.45) is 0.503. The molecule has 0 saturated carbocycles. The summed E-state index contributed by atoms with van der Waals surface area (Å²) in [5.74, 6) is -0.737. The third-order valence-corrected chi connectivity index (χ3v) is 6.99. The number of carbonyl (C=O) groups is 2. The van der Waals surface area contributed by atoms with Crippen LogP contribution < -0.4 is 10.7 Å². The fraction of sp³-hybridized carbons (Fsp3) is 0.345. The first-order valence-electron chi connectivity index (χ1n) is 12.5. The van der Waals surface area contributed by atoms with Gasteiger partial charge >= 0.3 is 0 Å². The molecule has 2 aromatic carbocycles. The lowest BCUT2D eigenvalue weighted by molar-refractivity contribution is 0.0793. The van der Waals surface area contributed by atoms with E-state index in [0.29, 0.717) is 35.8 Å². The van der Waals surface area contributed by atoms with Gasteiger partial charge in [0.2, 0.25) is 0 Å². The minimum Gasteiger partial charge on any atom is -0.392 e. The standard InChI is InChI=1S/C29H36N4O4S/c1-18-9-10-23(11-19(18)2)13-30-32-28(37)26-20(3)17-38-29(26)31-27(36)25-8-6-7-24(12-25)16-33(14-21(4)34)15-22(5)35/h6-13,17,21-22,34-35H,14-16H2,1-5H3,(H,31,36)(H,32,37)/b30-13+. The molecular formula is C29H36N4O4S. The number of rotatable bonds is 11. The highest BCUT2D eigenvalue weighted by Crippen LogP contribution is 2.28. The van der Waals surface area contributed by atoms with Crippen LogP contribution in [0.2, 0.25) is 0 Å². The minimum absolute atomic E-state index is 0.334. The van der Waals surface area contributed by atoms with E-state index in [-0.39, 0.29) is 5.91 Å². The van der Waals surface area contributed by atoms with E-state index in [0.717, 1.165) is 22.3 Å². The molecular weight excluding hydrogens is 500 g/mol. The molecule has 0 fully saturated rings. The van der Waals surface area contributed by atoms with Crippen LogP contribution in [0.1, 0.15) is 62.4 Å². The lowest BCUT2D eigenvalue weighted by Crippen LogP contribution is -2.35. The molecule has 202 valence electrons. The number of thiophene rings is 1. The Kier molecular flexibility index (Phi) is 10.3. The third kappa shape index (κ3) is 8.32. The van der Waals surface area contributed by atoms with Gasteiger partial charge in [-0.3, -0.25) is 14.5 Å². The Morgan fingerprint density at radius 2 is 1.68 bits per heavy atom. The van der Waals surface area contributed by atoms with Gasteiger partial charge in [0.05, 0.1) is 24.0 Å². The number of hydrogen-bond acceptors (Lipinski definition) is 7. The predicted molar refractivity (Wildman–Crippen MR) is 153 cm³/mol. The number of anilines is 1. The van der Waals surface area contributed by atoms with Gasteiger partial charge in [0, 0.05) is 25.2 Å². The fourth-order valence-electron chi connectivity index (χ4n) is 4.08. The van der Waals surface area contributed by atoms with Gasteiger partial charge in [0.15, 0.2) is 0 Å². The Hall–Kier alpha value is -3.37. The number of benzene rings is 2. The number of aliphatic hydroxyl groups excluding tert-OH is 2. The zero-order valence-electron chi connectivity index (χ0n) is 22.5. The minimum atomic E-state index is -0.544. The summed E-state index contributed by atoms with van der Waals surface area (Å²) in [5, 5.41) is 28.8. The van der Waals surface area contributed by atoms with E-state index in [4.69, 9.17) is 0 Å². The molecule has 1 heterocycles. The van der Waals surface area contributed by atoms with Crippen LogP contribution in [-0.4, -0.2) is 58.4 Å². The topological polar surface area (TPSA) is 114 Å². The quantitative estimate of drug-likeness (QED) is 0.216. The van der Waals surface area contributed by atoms with Crippen LogP contribution in [0.5, 0.6) is 0 Å². The van der Waals surface area contributed by atoms with Crippen molar-refractivity contribution in [3.05, 3.63) is 86.8 Å².